The molecule has 0 amide bonds. The molecule has 0 fully saturated rings. The highest BCUT2D eigenvalue weighted by molar-refractivity contribution is 5.97. The van der Waals surface area contributed by atoms with Gasteiger partial charge in [-0.05, 0) is 89.8 Å². The first-order valence-electron chi connectivity index (χ1n) is 13.8. The predicted octanol–water partition coefficient (Wildman–Crippen LogP) is 6.67. The molecule has 4 aromatic carbocycles. The second-order valence-electron chi connectivity index (χ2n) is 10.1. The van der Waals surface area contributed by atoms with Crippen LogP contribution in [0.4, 0.5) is 0 Å². The first-order chi connectivity index (χ1) is 20.0. The third kappa shape index (κ3) is 7.22. The molecule has 0 atom stereocenters. The van der Waals surface area contributed by atoms with E-state index < -0.39 is 23.9 Å². The lowest BCUT2D eigenvalue weighted by Crippen LogP contribution is -2.12. The summed E-state index contributed by atoms with van der Waals surface area (Å²) in [6.07, 6.45) is 3.79. The SMILES string of the molecule is O=C(CCCc1ccc2c(c1)Cc1cc(CCCC(=O)OC(=O)c3ccccc3)ccc1-2)OC(=O)c1ccccc1. The molecule has 0 spiro atoms. The fourth-order valence-electron chi connectivity index (χ4n) is 5.08. The maximum absolute atomic E-state index is 12.1. The summed E-state index contributed by atoms with van der Waals surface area (Å²) in [6, 6.07) is 29.8. The van der Waals surface area contributed by atoms with Crippen molar-refractivity contribution in [1.82, 2.24) is 0 Å². The Bertz CT molecular complexity index is 1450. The minimum atomic E-state index is -0.622. The Balaban J connectivity index is 1.08. The second-order valence-corrected chi connectivity index (χ2v) is 10.1. The summed E-state index contributed by atoms with van der Waals surface area (Å²) >= 11 is 0. The Morgan fingerprint density at radius 1 is 0.537 bits per heavy atom. The van der Waals surface area contributed by atoms with Gasteiger partial charge in [0.2, 0.25) is 0 Å². The van der Waals surface area contributed by atoms with Gasteiger partial charge in [-0.25, -0.2) is 9.59 Å². The van der Waals surface area contributed by atoms with Gasteiger partial charge in [-0.2, -0.15) is 0 Å². The molecule has 6 nitrogen and oxygen atoms in total. The van der Waals surface area contributed by atoms with Crippen LogP contribution < -0.4 is 0 Å². The number of hydrogen-bond donors (Lipinski definition) is 0. The number of rotatable bonds is 10. The molecule has 0 N–H and O–H groups in total. The van der Waals surface area contributed by atoms with Crippen molar-refractivity contribution in [2.45, 2.75) is 44.9 Å². The van der Waals surface area contributed by atoms with Crippen LogP contribution in [0.2, 0.25) is 0 Å². The summed E-state index contributed by atoms with van der Waals surface area (Å²) in [6.45, 7) is 0. The van der Waals surface area contributed by atoms with Crippen molar-refractivity contribution in [3.63, 3.8) is 0 Å². The molecule has 1 aliphatic rings. The van der Waals surface area contributed by atoms with Crippen LogP contribution in [0.1, 0.15) is 68.7 Å². The zero-order valence-electron chi connectivity index (χ0n) is 22.6. The molecule has 206 valence electrons. The van der Waals surface area contributed by atoms with E-state index in [0.29, 0.717) is 36.8 Å². The summed E-state index contributed by atoms with van der Waals surface area (Å²) in [5.41, 5.74) is 7.93. The van der Waals surface area contributed by atoms with E-state index in [0.717, 1.165) is 17.5 Å². The van der Waals surface area contributed by atoms with Gasteiger partial charge in [0.25, 0.3) is 0 Å². The van der Waals surface area contributed by atoms with Crippen molar-refractivity contribution in [3.8, 4) is 11.1 Å². The van der Waals surface area contributed by atoms with Crippen molar-refractivity contribution in [3.05, 3.63) is 130 Å². The van der Waals surface area contributed by atoms with E-state index in [2.05, 4.69) is 36.4 Å². The largest absolute Gasteiger partial charge is 0.389 e. The highest BCUT2D eigenvalue weighted by atomic mass is 16.6. The molecule has 6 heteroatoms. The predicted molar refractivity (Wildman–Crippen MR) is 154 cm³/mol. The second kappa shape index (κ2) is 13.0. The van der Waals surface area contributed by atoms with E-state index in [-0.39, 0.29) is 12.8 Å². The number of carbonyl (C=O) groups excluding carboxylic acids is 4. The van der Waals surface area contributed by atoms with Crippen LogP contribution in [0.3, 0.4) is 0 Å². The average Bonchev–Trinajstić information content (AvgIpc) is 3.35. The third-order valence-electron chi connectivity index (χ3n) is 7.14. The van der Waals surface area contributed by atoms with E-state index in [1.165, 1.54) is 22.3 Å². The number of aryl methyl sites for hydroxylation is 2. The molecular formula is C35H30O6. The van der Waals surface area contributed by atoms with Gasteiger partial charge in [0.15, 0.2) is 0 Å². The molecule has 5 rings (SSSR count). The van der Waals surface area contributed by atoms with Gasteiger partial charge in [-0.3, -0.25) is 9.59 Å². The van der Waals surface area contributed by atoms with Gasteiger partial charge < -0.3 is 9.47 Å². The fourth-order valence-corrected chi connectivity index (χ4v) is 5.08. The summed E-state index contributed by atoms with van der Waals surface area (Å²) in [5, 5.41) is 0. The molecule has 0 saturated heterocycles. The van der Waals surface area contributed by atoms with Crippen LogP contribution in [0.25, 0.3) is 11.1 Å². The first kappa shape index (κ1) is 27.7. The quantitative estimate of drug-likeness (QED) is 0.144. The number of fused-ring (bicyclic) bond motifs is 3. The summed E-state index contributed by atoms with van der Waals surface area (Å²) in [7, 11) is 0. The van der Waals surface area contributed by atoms with Crippen LogP contribution in [0, 0.1) is 0 Å². The Hall–Kier alpha value is -4.84. The average molecular weight is 547 g/mol. The maximum Gasteiger partial charge on any atom is 0.345 e. The van der Waals surface area contributed by atoms with Gasteiger partial charge >= 0.3 is 23.9 Å². The summed E-state index contributed by atoms with van der Waals surface area (Å²) in [4.78, 5) is 48.3. The lowest BCUT2D eigenvalue weighted by Gasteiger charge is -2.07. The van der Waals surface area contributed by atoms with Crippen molar-refractivity contribution < 1.29 is 28.7 Å². The standard InChI is InChI=1S/C35H30O6/c36-32(40-34(38)26-11-3-1-4-12-26)15-7-9-24-17-19-30-28(21-24)23-29-22-25(18-20-31(29)30)10-8-16-33(37)41-35(39)27-13-5-2-6-14-27/h1-6,11-14,17-22H,7-10,15-16,23H2. The summed E-state index contributed by atoms with van der Waals surface area (Å²) < 4.78 is 9.92. The van der Waals surface area contributed by atoms with E-state index in [1.807, 2.05) is 0 Å². The van der Waals surface area contributed by atoms with Gasteiger partial charge in [0.1, 0.15) is 0 Å². The molecule has 0 unspecified atom stereocenters. The van der Waals surface area contributed by atoms with Crippen molar-refractivity contribution >= 4 is 23.9 Å². The molecule has 0 bridgehead atoms. The molecule has 0 saturated carbocycles. The van der Waals surface area contributed by atoms with Crippen LogP contribution >= 0.6 is 0 Å². The van der Waals surface area contributed by atoms with Crippen molar-refractivity contribution in [2.24, 2.45) is 0 Å². The molecule has 0 aliphatic heterocycles. The van der Waals surface area contributed by atoms with Gasteiger partial charge in [0, 0.05) is 12.8 Å². The van der Waals surface area contributed by atoms with E-state index in [4.69, 9.17) is 9.47 Å². The van der Waals surface area contributed by atoms with Crippen LogP contribution in [0.15, 0.2) is 97.1 Å². The monoisotopic (exact) mass is 546 g/mol. The molecule has 1 aliphatic carbocycles. The molecule has 4 aromatic rings. The molecule has 41 heavy (non-hydrogen) atoms. The van der Waals surface area contributed by atoms with Gasteiger partial charge in [-0.15, -0.1) is 0 Å². The topological polar surface area (TPSA) is 86.7 Å². The smallest absolute Gasteiger partial charge is 0.345 e. The number of esters is 4. The maximum atomic E-state index is 12.1. The number of benzene rings is 4. The number of hydrogen-bond acceptors (Lipinski definition) is 6. The van der Waals surface area contributed by atoms with Gasteiger partial charge in [0.05, 0.1) is 11.1 Å². The van der Waals surface area contributed by atoms with Crippen molar-refractivity contribution in [2.75, 3.05) is 0 Å². The lowest BCUT2D eigenvalue weighted by molar-refractivity contribution is -0.139. The molecule has 0 heterocycles. The lowest BCUT2D eigenvalue weighted by atomic mass is 9.99. The van der Waals surface area contributed by atoms with E-state index in [9.17, 15) is 19.2 Å². The van der Waals surface area contributed by atoms with Crippen LogP contribution in [-0.2, 0) is 38.3 Å². The Kier molecular flexibility index (Phi) is 8.79. The van der Waals surface area contributed by atoms with Gasteiger partial charge in [-0.1, -0.05) is 72.8 Å². The summed E-state index contributed by atoms with van der Waals surface area (Å²) in [5.74, 6) is -2.28. The minimum Gasteiger partial charge on any atom is -0.389 e. The van der Waals surface area contributed by atoms with Crippen molar-refractivity contribution in [1.29, 1.82) is 0 Å². The molecular weight excluding hydrogens is 516 g/mol. The van der Waals surface area contributed by atoms with E-state index >= 15 is 0 Å². The fraction of sp³-hybridized carbons (Fsp3) is 0.200. The highest BCUT2D eigenvalue weighted by Crippen LogP contribution is 2.38. The zero-order chi connectivity index (χ0) is 28.6. The third-order valence-corrected chi connectivity index (χ3v) is 7.14. The molecule has 0 radical (unpaired) electrons. The zero-order valence-corrected chi connectivity index (χ0v) is 22.6. The number of carbonyl (C=O) groups is 4. The first-order valence-corrected chi connectivity index (χ1v) is 13.8. The Labute approximate surface area is 238 Å². The molecule has 0 aromatic heterocycles. The van der Waals surface area contributed by atoms with Crippen LogP contribution in [-0.4, -0.2) is 23.9 Å². The Morgan fingerprint density at radius 2 is 0.951 bits per heavy atom. The number of ether oxygens (including phenoxy) is 2. The minimum absolute atomic E-state index is 0.174. The highest BCUT2D eigenvalue weighted by Gasteiger charge is 2.20. The van der Waals surface area contributed by atoms with E-state index in [1.54, 1.807) is 60.7 Å². The normalized spacial score (nSPS) is 11.3. The van der Waals surface area contributed by atoms with Crippen LogP contribution in [0.5, 0.6) is 0 Å². The Morgan fingerprint density at radius 3 is 1.37 bits per heavy atom.